The highest BCUT2D eigenvalue weighted by Crippen LogP contribution is 2.17. The van der Waals surface area contributed by atoms with Gasteiger partial charge < -0.3 is 10.6 Å². The first-order valence-corrected chi connectivity index (χ1v) is 6.34. The van der Waals surface area contributed by atoms with Crippen LogP contribution in [0.5, 0.6) is 0 Å². The van der Waals surface area contributed by atoms with E-state index in [1.807, 2.05) is 0 Å². The van der Waals surface area contributed by atoms with Gasteiger partial charge in [0.25, 0.3) is 0 Å². The number of rotatable bonds is 4. The van der Waals surface area contributed by atoms with Crippen LogP contribution in [-0.2, 0) is 4.79 Å². The molecule has 96 valence electrons. The third kappa shape index (κ3) is 3.67. The van der Waals surface area contributed by atoms with E-state index >= 15 is 0 Å². The molecule has 0 unspecified atom stereocenters. The lowest BCUT2D eigenvalue weighted by Crippen LogP contribution is -2.30. The maximum atomic E-state index is 11.8. The molecule has 18 heavy (non-hydrogen) atoms. The lowest BCUT2D eigenvalue weighted by molar-refractivity contribution is -0.117. The summed E-state index contributed by atoms with van der Waals surface area (Å²) < 4.78 is 0. The molecule has 0 aliphatic carbocycles. The average Bonchev–Trinajstić information content (AvgIpc) is 2.40. The zero-order valence-electron chi connectivity index (χ0n) is 10.3. The second kappa shape index (κ2) is 6.31. The lowest BCUT2D eigenvalue weighted by atomic mass is 9.94. The Morgan fingerprint density at radius 3 is 2.56 bits per heavy atom. The Morgan fingerprint density at radius 2 is 1.94 bits per heavy atom. The zero-order chi connectivity index (χ0) is 12.8. The largest absolute Gasteiger partial charge is 0.326 e. The number of piperidine rings is 1. The number of hydrogen-bond donors (Lipinski definition) is 2. The van der Waals surface area contributed by atoms with Crippen LogP contribution in [0.1, 0.15) is 29.6 Å². The highest BCUT2D eigenvalue weighted by Gasteiger charge is 2.16. The van der Waals surface area contributed by atoms with Gasteiger partial charge in [-0.15, -0.1) is 0 Å². The molecule has 0 aromatic heterocycles. The quantitative estimate of drug-likeness (QED) is 0.797. The summed E-state index contributed by atoms with van der Waals surface area (Å²) >= 11 is 0. The molecule has 0 atom stereocenters. The van der Waals surface area contributed by atoms with Crippen molar-refractivity contribution in [3.8, 4) is 0 Å². The molecule has 1 saturated heterocycles. The number of hydrogen-bond acceptors (Lipinski definition) is 3. The number of amides is 1. The Morgan fingerprint density at radius 1 is 1.28 bits per heavy atom. The van der Waals surface area contributed by atoms with E-state index in [9.17, 15) is 9.59 Å². The van der Waals surface area contributed by atoms with Crippen LogP contribution in [0, 0.1) is 5.92 Å². The van der Waals surface area contributed by atoms with E-state index in [-0.39, 0.29) is 5.91 Å². The normalized spacial score (nSPS) is 16.2. The first-order chi connectivity index (χ1) is 8.78. The summed E-state index contributed by atoms with van der Waals surface area (Å²) in [5, 5.41) is 6.15. The summed E-state index contributed by atoms with van der Waals surface area (Å²) in [6.07, 6.45) is 3.51. The molecule has 1 fully saturated rings. The van der Waals surface area contributed by atoms with E-state index in [0.29, 0.717) is 17.9 Å². The zero-order valence-corrected chi connectivity index (χ0v) is 10.3. The van der Waals surface area contributed by atoms with E-state index in [1.54, 1.807) is 24.3 Å². The third-order valence-electron chi connectivity index (χ3n) is 3.26. The van der Waals surface area contributed by atoms with Gasteiger partial charge in [0.1, 0.15) is 6.29 Å². The van der Waals surface area contributed by atoms with Gasteiger partial charge in [0, 0.05) is 17.7 Å². The Balaban J connectivity index is 1.83. The first-order valence-electron chi connectivity index (χ1n) is 6.34. The molecule has 1 amide bonds. The number of anilines is 1. The fourth-order valence-corrected chi connectivity index (χ4v) is 2.21. The molecule has 0 spiro atoms. The fourth-order valence-electron chi connectivity index (χ4n) is 2.21. The van der Waals surface area contributed by atoms with Crippen molar-refractivity contribution in [3.05, 3.63) is 29.8 Å². The molecule has 2 N–H and O–H groups in total. The van der Waals surface area contributed by atoms with Gasteiger partial charge in [0.05, 0.1) is 0 Å². The van der Waals surface area contributed by atoms with E-state index in [4.69, 9.17) is 0 Å². The Labute approximate surface area is 107 Å². The van der Waals surface area contributed by atoms with Crippen molar-refractivity contribution in [2.24, 2.45) is 5.92 Å². The van der Waals surface area contributed by atoms with Crippen molar-refractivity contribution >= 4 is 17.9 Å². The van der Waals surface area contributed by atoms with Gasteiger partial charge in [-0.3, -0.25) is 9.59 Å². The van der Waals surface area contributed by atoms with E-state index in [1.165, 1.54) is 0 Å². The summed E-state index contributed by atoms with van der Waals surface area (Å²) in [5.74, 6) is 0.543. The van der Waals surface area contributed by atoms with E-state index in [2.05, 4.69) is 10.6 Å². The van der Waals surface area contributed by atoms with Crippen LogP contribution >= 0.6 is 0 Å². The van der Waals surface area contributed by atoms with Crippen LogP contribution in [0.25, 0.3) is 0 Å². The van der Waals surface area contributed by atoms with Crippen LogP contribution < -0.4 is 10.6 Å². The topological polar surface area (TPSA) is 58.2 Å². The molecule has 0 saturated carbocycles. The molecule has 1 aromatic carbocycles. The van der Waals surface area contributed by atoms with Gasteiger partial charge in [-0.25, -0.2) is 0 Å². The molecule has 4 nitrogen and oxygen atoms in total. The van der Waals surface area contributed by atoms with Crippen molar-refractivity contribution in [3.63, 3.8) is 0 Å². The third-order valence-corrected chi connectivity index (χ3v) is 3.26. The van der Waals surface area contributed by atoms with Crippen LogP contribution in [0.15, 0.2) is 24.3 Å². The minimum absolute atomic E-state index is 0.0563. The van der Waals surface area contributed by atoms with Gasteiger partial charge in [-0.1, -0.05) is 0 Å². The summed E-state index contributed by atoms with van der Waals surface area (Å²) in [7, 11) is 0. The number of nitrogens with one attached hydrogen (secondary N) is 2. The monoisotopic (exact) mass is 246 g/mol. The summed E-state index contributed by atoms with van der Waals surface area (Å²) in [4.78, 5) is 22.3. The summed E-state index contributed by atoms with van der Waals surface area (Å²) in [6.45, 7) is 2.01. The molecule has 1 aliphatic rings. The molecule has 0 radical (unpaired) electrons. The highest BCUT2D eigenvalue weighted by molar-refractivity contribution is 5.91. The minimum atomic E-state index is 0.0563. The Kier molecular flexibility index (Phi) is 4.47. The standard InChI is InChI=1S/C14H18N2O2/c17-10-12-1-3-13(4-2-12)16-14(18)9-11-5-7-15-8-6-11/h1-4,10-11,15H,5-9H2,(H,16,18). The maximum absolute atomic E-state index is 11.8. The van der Waals surface area contributed by atoms with E-state index < -0.39 is 0 Å². The number of carbonyl (C=O) groups excluding carboxylic acids is 2. The van der Waals surface area contributed by atoms with Gasteiger partial charge in [-0.2, -0.15) is 0 Å². The Bertz CT molecular complexity index is 408. The predicted octanol–water partition coefficient (Wildman–Crippen LogP) is 1.83. The van der Waals surface area contributed by atoms with E-state index in [0.717, 1.165) is 37.9 Å². The van der Waals surface area contributed by atoms with Crippen LogP contribution in [-0.4, -0.2) is 25.3 Å². The fraction of sp³-hybridized carbons (Fsp3) is 0.429. The first kappa shape index (κ1) is 12.8. The van der Waals surface area contributed by atoms with Crippen molar-refractivity contribution in [1.29, 1.82) is 0 Å². The molecule has 2 rings (SSSR count). The molecular formula is C14H18N2O2. The highest BCUT2D eigenvalue weighted by atomic mass is 16.1. The van der Waals surface area contributed by atoms with Gasteiger partial charge in [0.2, 0.25) is 5.91 Å². The van der Waals surface area contributed by atoms with Crippen molar-refractivity contribution in [1.82, 2.24) is 5.32 Å². The molecule has 4 heteroatoms. The molecule has 0 bridgehead atoms. The lowest BCUT2D eigenvalue weighted by Gasteiger charge is -2.21. The SMILES string of the molecule is O=Cc1ccc(NC(=O)CC2CCNCC2)cc1. The van der Waals surface area contributed by atoms with Crippen LogP contribution in [0.3, 0.4) is 0 Å². The van der Waals surface area contributed by atoms with Gasteiger partial charge in [-0.05, 0) is 56.1 Å². The average molecular weight is 246 g/mol. The second-order valence-corrected chi connectivity index (χ2v) is 4.69. The predicted molar refractivity (Wildman–Crippen MR) is 70.7 cm³/mol. The molecule has 1 heterocycles. The number of benzene rings is 1. The van der Waals surface area contributed by atoms with Crippen molar-refractivity contribution in [2.45, 2.75) is 19.3 Å². The van der Waals surface area contributed by atoms with Crippen molar-refractivity contribution < 1.29 is 9.59 Å². The Hall–Kier alpha value is -1.68. The minimum Gasteiger partial charge on any atom is -0.326 e. The summed E-state index contributed by atoms with van der Waals surface area (Å²) in [5.41, 5.74) is 1.37. The van der Waals surface area contributed by atoms with Gasteiger partial charge >= 0.3 is 0 Å². The summed E-state index contributed by atoms with van der Waals surface area (Å²) in [6, 6.07) is 6.91. The molecule has 1 aromatic rings. The number of aldehydes is 1. The van der Waals surface area contributed by atoms with Gasteiger partial charge in [0.15, 0.2) is 0 Å². The molecular weight excluding hydrogens is 228 g/mol. The second-order valence-electron chi connectivity index (χ2n) is 4.69. The molecule has 1 aliphatic heterocycles. The maximum Gasteiger partial charge on any atom is 0.224 e. The van der Waals surface area contributed by atoms with Crippen LogP contribution in [0.4, 0.5) is 5.69 Å². The smallest absolute Gasteiger partial charge is 0.224 e. The number of carbonyl (C=O) groups is 2. The van der Waals surface area contributed by atoms with Crippen molar-refractivity contribution in [2.75, 3.05) is 18.4 Å². The van der Waals surface area contributed by atoms with Crippen LogP contribution in [0.2, 0.25) is 0 Å².